The molecule has 0 saturated carbocycles. The van der Waals surface area contributed by atoms with Crippen molar-refractivity contribution in [3.8, 4) is 33.4 Å². The second-order valence-corrected chi connectivity index (χ2v) is 9.57. The van der Waals surface area contributed by atoms with E-state index < -0.39 is 0 Å². The number of aromatic nitrogens is 1. The molecule has 1 nitrogen and oxygen atoms in total. The summed E-state index contributed by atoms with van der Waals surface area (Å²) in [6.07, 6.45) is 3.72. The summed E-state index contributed by atoms with van der Waals surface area (Å²) in [4.78, 5) is 0. The predicted octanol–water partition coefficient (Wildman–Crippen LogP) is 9.99. The molecule has 1 aromatic heterocycles. The minimum Gasteiger partial charge on any atom is -0.340 e. The van der Waals surface area contributed by atoms with Gasteiger partial charge in [-0.2, -0.15) is 0 Å². The fourth-order valence-corrected chi connectivity index (χ4v) is 5.54. The summed E-state index contributed by atoms with van der Waals surface area (Å²) in [5.74, 6) is 0. The van der Waals surface area contributed by atoms with E-state index in [1.807, 2.05) is 0 Å². The monoisotopic (exact) mass is 465 g/mol. The topological polar surface area (TPSA) is 4.93 Å². The second kappa shape index (κ2) is 9.87. The number of aryl methyl sites for hydroxylation is 1. The van der Waals surface area contributed by atoms with Gasteiger partial charge in [-0.25, -0.2) is 0 Å². The first-order valence-corrected chi connectivity index (χ1v) is 13.1. The molecule has 0 N–H and O–H groups in total. The summed E-state index contributed by atoms with van der Waals surface area (Å²) >= 11 is 0. The Labute approximate surface area is 213 Å². The number of hydrogen-bond acceptors (Lipinski definition) is 0. The van der Waals surface area contributed by atoms with E-state index in [-0.39, 0.29) is 0 Å². The molecule has 0 bridgehead atoms. The maximum absolute atomic E-state index is 2.51. The third-order valence-corrected chi connectivity index (χ3v) is 7.30. The van der Waals surface area contributed by atoms with Crippen LogP contribution < -0.4 is 0 Å². The Kier molecular flexibility index (Phi) is 6.13. The van der Waals surface area contributed by atoms with Crippen LogP contribution in [0.1, 0.15) is 26.2 Å². The van der Waals surface area contributed by atoms with Crippen LogP contribution in [-0.4, -0.2) is 4.57 Å². The number of benzene rings is 5. The van der Waals surface area contributed by atoms with Gasteiger partial charge in [0.25, 0.3) is 0 Å². The van der Waals surface area contributed by atoms with Crippen LogP contribution >= 0.6 is 0 Å². The van der Waals surface area contributed by atoms with Crippen LogP contribution in [0.3, 0.4) is 0 Å². The lowest BCUT2D eigenvalue weighted by Gasteiger charge is -2.15. The van der Waals surface area contributed by atoms with Crippen LogP contribution in [0.15, 0.2) is 121 Å². The van der Waals surface area contributed by atoms with Crippen molar-refractivity contribution in [3.63, 3.8) is 0 Å². The lowest BCUT2D eigenvalue weighted by atomic mass is 9.89. The van der Waals surface area contributed by atoms with Crippen LogP contribution in [0.5, 0.6) is 0 Å². The zero-order chi connectivity index (χ0) is 24.3. The van der Waals surface area contributed by atoms with E-state index in [1.54, 1.807) is 0 Å². The van der Waals surface area contributed by atoms with Gasteiger partial charge in [0, 0.05) is 28.4 Å². The highest BCUT2D eigenvalue weighted by Gasteiger charge is 2.15. The average molecular weight is 466 g/mol. The van der Waals surface area contributed by atoms with Crippen molar-refractivity contribution in [3.05, 3.63) is 121 Å². The summed E-state index contributed by atoms with van der Waals surface area (Å²) in [6.45, 7) is 3.34. The molecule has 0 aliphatic heterocycles. The van der Waals surface area contributed by atoms with Gasteiger partial charge in [-0.15, -0.1) is 0 Å². The Hall–Kier alpha value is -4.10. The minimum atomic E-state index is 1.07. The van der Waals surface area contributed by atoms with Gasteiger partial charge in [0.15, 0.2) is 0 Å². The van der Waals surface area contributed by atoms with Crippen molar-refractivity contribution in [2.45, 2.75) is 32.7 Å². The van der Waals surface area contributed by atoms with Gasteiger partial charge in [0.05, 0.1) is 0 Å². The van der Waals surface area contributed by atoms with E-state index >= 15 is 0 Å². The molecule has 6 aromatic rings. The number of para-hydroxylation sites is 1. The Morgan fingerprint density at radius 1 is 0.472 bits per heavy atom. The van der Waals surface area contributed by atoms with Crippen molar-refractivity contribution < 1.29 is 0 Å². The molecule has 0 aliphatic rings. The molecular weight excluding hydrogens is 434 g/mol. The lowest BCUT2D eigenvalue weighted by Crippen LogP contribution is -1.97. The van der Waals surface area contributed by atoms with Gasteiger partial charge in [-0.3, -0.25) is 0 Å². The molecule has 6 rings (SSSR count). The molecule has 0 aliphatic carbocycles. The van der Waals surface area contributed by atoms with Gasteiger partial charge in [0.2, 0.25) is 0 Å². The Balaban J connectivity index is 1.52. The second-order valence-electron chi connectivity index (χ2n) is 9.57. The fraction of sp³-hybridized carbons (Fsp3) is 0.143. The minimum absolute atomic E-state index is 1.07. The van der Waals surface area contributed by atoms with Gasteiger partial charge in [0.1, 0.15) is 0 Å². The lowest BCUT2D eigenvalue weighted by molar-refractivity contribution is 0.627. The summed E-state index contributed by atoms with van der Waals surface area (Å²) in [7, 11) is 0. The first-order valence-electron chi connectivity index (χ1n) is 13.1. The van der Waals surface area contributed by atoms with Crippen LogP contribution in [0.4, 0.5) is 0 Å². The first kappa shape index (κ1) is 22.4. The maximum Gasteiger partial charge on any atom is 0.0491 e. The van der Waals surface area contributed by atoms with Crippen LogP contribution in [-0.2, 0) is 6.54 Å². The van der Waals surface area contributed by atoms with E-state index in [0.29, 0.717) is 0 Å². The summed E-state index contributed by atoms with van der Waals surface area (Å²) in [5, 5.41) is 2.68. The van der Waals surface area contributed by atoms with Crippen LogP contribution in [0, 0.1) is 0 Å². The fourth-order valence-electron chi connectivity index (χ4n) is 5.54. The Morgan fingerprint density at radius 2 is 1.06 bits per heavy atom. The van der Waals surface area contributed by atoms with Crippen LogP contribution in [0.25, 0.3) is 55.2 Å². The summed E-state index contributed by atoms with van der Waals surface area (Å²) in [6, 6.07) is 44.2. The van der Waals surface area contributed by atoms with Gasteiger partial charge in [-0.05, 0) is 58.0 Å². The molecule has 0 amide bonds. The molecule has 5 aromatic carbocycles. The van der Waals surface area contributed by atoms with Gasteiger partial charge < -0.3 is 4.57 Å². The standard InChI is InChI=1S/C35H31N/c1-2-3-13-24-36-34-21-12-11-20-32(34)33-25-27(22-23-35(33)36)29-17-8-10-19-31(29)30-18-9-7-16-28(30)26-14-5-4-6-15-26/h4-12,14-23,25H,2-3,13,24H2,1H3. The molecule has 1 heterocycles. The van der Waals surface area contributed by atoms with E-state index in [4.69, 9.17) is 0 Å². The normalized spacial score (nSPS) is 11.4. The largest absolute Gasteiger partial charge is 0.340 e. The van der Waals surface area contributed by atoms with Crippen molar-refractivity contribution in [2.24, 2.45) is 0 Å². The molecule has 0 atom stereocenters. The molecule has 0 radical (unpaired) electrons. The third kappa shape index (κ3) is 4.01. The molecule has 176 valence electrons. The molecule has 0 spiro atoms. The number of hydrogen-bond donors (Lipinski definition) is 0. The van der Waals surface area contributed by atoms with Gasteiger partial charge >= 0.3 is 0 Å². The van der Waals surface area contributed by atoms with E-state index in [2.05, 4.69) is 133 Å². The van der Waals surface area contributed by atoms with Crippen molar-refractivity contribution in [2.75, 3.05) is 0 Å². The van der Waals surface area contributed by atoms with Crippen molar-refractivity contribution >= 4 is 21.8 Å². The molecule has 0 saturated heterocycles. The highest BCUT2D eigenvalue weighted by atomic mass is 15.0. The zero-order valence-electron chi connectivity index (χ0n) is 20.8. The van der Waals surface area contributed by atoms with Crippen molar-refractivity contribution in [1.29, 1.82) is 0 Å². The smallest absolute Gasteiger partial charge is 0.0491 e. The quantitative estimate of drug-likeness (QED) is 0.207. The summed E-state index contributed by atoms with van der Waals surface area (Å²) < 4.78 is 2.51. The highest BCUT2D eigenvalue weighted by molar-refractivity contribution is 6.09. The van der Waals surface area contributed by atoms with E-state index in [1.165, 1.54) is 74.4 Å². The Morgan fingerprint density at radius 3 is 1.78 bits per heavy atom. The summed E-state index contributed by atoms with van der Waals surface area (Å²) in [5.41, 5.74) is 10.2. The third-order valence-electron chi connectivity index (χ3n) is 7.30. The molecule has 0 fully saturated rings. The Bertz CT molecular complexity index is 1640. The van der Waals surface area contributed by atoms with Crippen molar-refractivity contribution in [1.82, 2.24) is 4.57 Å². The van der Waals surface area contributed by atoms with Crippen LogP contribution in [0.2, 0.25) is 0 Å². The number of rotatable bonds is 7. The molecule has 1 heteroatoms. The van der Waals surface area contributed by atoms with E-state index in [0.717, 1.165) is 6.54 Å². The van der Waals surface area contributed by atoms with E-state index in [9.17, 15) is 0 Å². The average Bonchev–Trinajstić information content (AvgIpc) is 3.27. The molecular formula is C35H31N. The highest BCUT2D eigenvalue weighted by Crippen LogP contribution is 2.40. The zero-order valence-corrected chi connectivity index (χ0v) is 20.8. The molecule has 36 heavy (non-hydrogen) atoms. The van der Waals surface area contributed by atoms with Gasteiger partial charge in [-0.1, -0.05) is 123 Å². The predicted molar refractivity (Wildman–Crippen MR) is 155 cm³/mol. The SMILES string of the molecule is CCCCCn1c2ccccc2c2cc(-c3ccccc3-c3ccccc3-c3ccccc3)ccc21. The number of fused-ring (bicyclic) bond motifs is 3. The first-order chi connectivity index (χ1) is 17.8. The number of nitrogens with zero attached hydrogens (tertiary/aromatic N) is 1. The number of unbranched alkanes of at least 4 members (excludes halogenated alkanes) is 2. The maximum atomic E-state index is 2.51. The molecule has 0 unspecified atom stereocenters.